The van der Waals surface area contributed by atoms with E-state index in [1.807, 2.05) is 33.2 Å². The van der Waals surface area contributed by atoms with E-state index < -0.39 is 10.0 Å². The Balaban J connectivity index is 1.91. The van der Waals surface area contributed by atoms with E-state index in [0.29, 0.717) is 12.1 Å². The molecule has 1 aromatic carbocycles. The van der Waals surface area contributed by atoms with Gasteiger partial charge in [-0.15, -0.1) is 0 Å². The van der Waals surface area contributed by atoms with E-state index in [9.17, 15) is 8.42 Å². The normalized spacial score (nSPS) is 17.7. The van der Waals surface area contributed by atoms with Crippen LogP contribution in [0.4, 0.5) is 0 Å². The fraction of sp³-hybridized carbons (Fsp3) is 0.500. The first-order valence-corrected chi connectivity index (χ1v) is 9.85. The summed E-state index contributed by atoms with van der Waals surface area (Å²) in [5.74, 6) is 0. The van der Waals surface area contributed by atoms with Gasteiger partial charge in [-0.2, -0.15) is 0 Å². The van der Waals surface area contributed by atoms with Crippen LogP contribution in [0.25, 0.3) is 10.9 Å². The maximum absolute atomic E-state index is 12.9. The van der Waals surface area contributed by atoms with Crippen molar-refractivity contribution in [2.45, 2.75) is 43.0 Å². The van der Waals surface area contributed by atoms with Gasteiger partial charge < -0.3 is 4.90 Å². The maximum Gasteiger partial charge on any atom is 0.242 e. The zero-order valence-corrected chi connectivity index (χ0v) is 15.4. The molecule has 1 fully saturated rings. The summed E-state index contributed by atoms with van der Waals surface area (Å²) < 4.78 is 28.6. The van der Waals surface area contributed by atoms with Crippen LogP contribution in [0.15, 0.2) is 35.4 Å². The molecule has 5 nitrogen and oxygen atoms in total. The highest BCUT2D eigenvalue weighted by molar-refractivity contribution is 7.89. The molecule has 6 heteroatoms. The summed E-state index contributed by atoms with van der Waals surface area (Å²) in [6, 6.07) is 7.26. The smallest absolute Gasteiger partial charge is 0.242 e. The molecule has 130 valence electrons. The number of fused-ring (bicyclic) bond motifs is 1. The van der Waals surface area contributed by atoms with Crippen molar-refractivity contribution in [3.8, 4) is 0 Å². The molecule has 2 aromatic rings. The predicted molar refractivity (Wildman–Crippen MR) is 96.6 cm³/mol. The van der Waals surface area contributed by atoms with Gasteiger partial charge in [-0.25, -0.2) is 13.1 Å². The zero-order valence-electron chi connectivity index (χ0n) is 14.5. The molecule has 0 spiro atoms. The van der Waals surface area contributed by atoms with Gasteiger partial charge in [-0.3, -0.25) is 4.98 Å². The molecule has 1 aliphatic rings. The van der Waals surface area contributed by atoms with Crippen LogP contribution >= 0.6 is 0 Å². The van der Waals surface area contributed by atoms with E-state index >= 15 is 0 Å². The molecule has 0 atom stereocenters. The monoisotopic (exact) mass is 347 g/mol. The van der Waals surface area contributed by atoms with Gasteiger partial charge in [-0.05, 0) is 51.6 Å². The van der Waals surface area contributed by atoms with E-state index in [4.69, 9.17) is 0 Å². The minimum absolute atomic E-state index is 0.0817. The van der Waals surface area contributed by atoms with Crippen molar-refractivity contribution >= 4 is 20.9 Å². The van der Waals surface area contributed by atoms with Crippen molar-refractivity contribution in [3.05, 3.63) is 36.0 Å². The fourth-order valence-corrected chi connectivity index (χ4v) is 4.88. The van der Waals surface area contributed by atoms with Crippen molar-refractivity contribution in [2.24, 2.45) is 0 Å². The molecule has 1 aromatic heterocycles. The van der Waals surface area contributed by atoms with E-state index in [0.717, 1.165) is 36.6 Å². The second kappa shape index (κ2) is 6.43. The second-order valence-corrected chi connectivity index (χ2v) is 8.73. The minimum atomic E-state index is -3.60. The molecular formula is C18H25N3O2S. The number of rotatable bonds is 5. The molecule has 24 heavy (non-hydrogen) atoms. The third-order valence-corrected chi connectivity index (χ3v) is 6.61. The van der Waals surface area contributed by atoms with Crippen molar-refractivity contribution in [1.82, 2.24) is 14.6 Å². The number of para-hydroxylation sites is 1. The summed E-state index contributed by atoms with van der Waals surface area (Å²) in [5, 5.41) is 0.848. The summed E-state index contributed by atoms with van der Waals surface area (Å²) in [4.78, 5) is 6.77. The van der Waals surface area contributed by atoms with Gasteiger partial charge in [0.05, 0.1) is 5.52 Å². The van der Waals surface area contributed by atoms with Gasteiger partial charge in [-0.1, -0.05) is 25.0 Å². The van der Waals surface area contributed by atoms with Crippen LogP contribution in [0.2, 0.25) is 0 Å². The molecule has 0 unspecified atom stereocenters. The van der Waals surface area contributed by atoms with Crippen molar-refractivity contribution < 1.29 is 8.42 Å². The van der Waals surface area contributed by atoms with Crippen LogP contribution in [0, 0.1) is 6.92 Å². The van der Waals surface area contributed by atoms with Gasteiger partial charge in [0.2, 0.25) is 10.0 Å². The number of hydrogen-bond acceptors (Lipinski definition) is 4. The highest BCUT2D eigenvalue weighted by Gasteiger charge is 2.37. The number of sulfonamides is 1. The number of aryl methyl sites for hydroxylation is 1. The molecule has 3 rings (SSSR count). The van der Waals surface area contributed by atoms with Gasteiger partial charge in [0, 0.05) is 23.7 Å². The number of nitrogens with one attached hydrogen (secondary N) is 1. The minimum Gasteiger partial charge on any atom is -0.302 e. The lowest BCUT2D eigenvalue weighted by Crippen LogP contribution is -2.50. The van der Waals surface area contributed by atoms with Crippen LogP contribution < -0.4 is 4.72 Å². The van der Waals surface area contributed by atoms with Crippen LogP contribution in [0.5, 0.6) is 0 Å². The van der Waals surface area contributed by atoms with E-state index in [1.54, 1.807) is 18.3 Å². The Labute approximate surface area is 144 Å². The van der Waals surface area contributed by atoms with Crippen LogP contribution in [-0.4, -0.2) is 44.5 Å². The Morgan fingerprint density at radius 1 is 1.25 bits per heavy atom. The number of benzene rings is 1. The third kappa shape index (κ3) is 3.18. The first-order valence-electron chi connectivity index (χ1n) is 8.37. The molecule has 1 aliphatic carbocycles. The lowest BCUT2D eigenvalue weighted by Gasteiger charge is -2.36. The highest BCUT2D eigenvalue weighted by atomic mass is 32.2. The van der Waals surface area contributed by atoms with Crippen molar-refractivity contribution in [2.75, 3.05) is 20.6 Å². The lowest BCUT2D eigenvalue weighted by atomic mass is 9.97. The van der Waals surface area contributed by atoms with E-state index in [2.05, 4.69) is 14.6 Å². The van der Waals surface area contributed by atoms with E-state index in [-0.39, 0.29) is 10.4 Å². The van der Waals surface area contributed by atoms with Crippen molar-refractivity contribution in [1.29, 1.82) is 0 Å². The molecule has 0 bridgehead atoms. The second-order valence-electron chi connectivity index (χ2n) is 6.99. The molecule has 1 heterocycles. The fourth-order valence-electron chi connectivity index (χ4n) is 3.58. The number of hydrogen-bond donors (Lipinski definition) is 1. The molecule has 0 amide bonds. The molecule has 0 radical (unpaired) electrons. The van der Waals surface area contributed by atoms with Crippen LogP contribution in [0.3, 0.4) is 0 Å². The molecule has 1 saturated carbocycles. The van der Waals surface area contributed by atoms with Crippen molar-refractivity contribution in [3.63, 3.8) is 0 Å². The SMILES string of the molecule is Cc1cnc2c(S(=O)(=O)NCC3(N(C)C)CCCC3)cccc2c1. The highest BCUT2D eigenvalue weighted by Crippen LogP contribution is 2.33. The average molecular weight is 347 g/mol. The Hall–Kier alpha value is -1.50. The standard InChI is InChI=1S/C18H25N3O2S/c1-14-11-15-7-6-8-16(17(15)19-12-14)24(22,23)20-13-18(21(2)3)9-4-5-10-18/h6-8,11-12,20H,4-5,9-10,13H2,1-3H3. The zero-order chi connectivity index (χ0) is 17.4. The lowest BCUT2D eigenvalue weighted by molar-refractivity contribution is 0.162. The topological polar surface area (TPSA) is 62.3 Å². The first kappa shape index (κ1) is 17.3. The Morgan fingerprint density at radius 2 is 1.96 bits per heavy atom. The van der Waals surface area contributed by atoms with Crippen LogP contribution in [0.1, 0.15) is 31.2 Å². The average Bonchev–Trinajstić information content (AvgIpc) is 3.02. The third-order valence-electron chi connectivity index (χ3n) is 5.17. The Kier molecular flexibility index (Phi) is 4.64. The van der Waals surface area contributed by atoms with Gasteiger partial charge in [0.1, 0.15) is 4.90 Å². The summed E-state index contributed by atoms with van der Waals surface area (Å²) >= 11 is 0. The molecular weight excluding hydrogens is 322 g/mol. The van der Waals surface area contributed by atoms with Gasteiger partial charge in [0.15, 0.2) is 0 Å². The number of nitrogens with zero attached hydrogens (tertiary/aromatic N) is 2. The number of likely N-dealkylation sites (N-methyl/N-ethyl adjacent to an activating group) is 1. The van der Waals surface area contributed by atoms with Gasteiger partial charge >= 0.3 is 0 Å². The number of pyridine rings is 1. The largest absolute Gasteiger partial charge is 0.302 e. The Morgan fingerprint density at radius 3 is 2.62 bits per heavy atom. The maximum atomic E-state index is 12.9. The molecule has 1 N–H and O–H groups in total. The van der Waals surface area contributed by atoms with Crippen LogP contribution in [-0.2, 0) is 10.0 Å². The summed E-state index contributed by atoms with van der Waals surface area (Å²) in [6.07, 6.45) is 6.05. The molecule has 0 aliphatic heterocycles. The number of aromatic nitrogens is 1. The summed E-state index contributed by atoms with van der Waals surface area (Å²) in [7, 11) is 0.461. The first-order chi connectivity index (χ1) is 11.3. The van der Waals surface area contributed by atoms with E-state index in [1.165, 1.54) is 0 Å². The van der Waals surface area contributed by atoms with Gasteiger partial charge in [0.25, 0.3) is 0 Å². The Bertz CT molecular complexity index is 840. The summed E-state index contributed by atoms with van der Waals surface area (Å²) in [6.45, 7) is 2.39. The quantitative estimate of drug-likeness (QED) is 0.903. The summed E-state index contributed by atoms with van der Waals surface area (Å²) in [5.41, 5.74) is 1.46. The molecule has 0 saturated heterocycles. The predicted octanol–water partition coefficient (Wildman–Crippen LogP) is 2.70.